The van der Waals surface area contributed by atoms with Crippen molar-refractivity contribution in [1.82, 2.24) is 4.90 Å². The fourth-order valence-electron chi connectivity index (χ4n) is 4.25. The Hall–Kier alpha value is -1.45. The molecule has 1 aromatic carbocycles. The third kappa shape index (κ3) is 4.52. The summed E-state index contributed by atoms with van der Waals surface area (Å²) in [6.45, 7) is 2.04. The van der Waals surface area contributed by atoms with Crippen molar-refractivity contribution in [3.8, 4) is 0 Å². The molecule has 0 bridgehead atoms. The molecule has 0 N–H and O–H groups in total. The third-order valence-electron chi connectivity index (χ3n) is 5.90. The van der Waals surface area contributed by atoms with E-state index in [0.29, 0.717) is 17.6 Å². The van der Waals surface area contributed by atoms with Crippen LogP contribution in [0.25, 0.3) is 0 Å². The fraction of sp³-hybridized carbons (Fsp3) is 0.591. The predicted octanol–water partition coefficient (Wildman–Crippen LogP) is 4.53. The van der Waals surface area contributed by atoms with Gasteiger partial charge >= 0.3 is 169 Å². The van der Waals surface area contributed by atoms with Crippen molar-refractivity contribution in [1.29, 1.82) is 0 Å². The van der Waals surface area contributed by atoms with Crippen LogP contribution in [0.3, 0.4) is 0 Å². The monoisotopic (exact) mass is 431 g/mol. The SMILES string of the molecule is Cc1ccc(C(=O)N=C2[Se]C(=NC3CCCCC3)N2C2CCCCC2)cc1. The summed E-state index contributed by atoms with van der Waals surface area (Å²) < 4.78 is 2.24. The van der Waals surface area contributed by atoms with Crippen LogP contribution in [0.4, 0.5) is 0 Å². The van der Waals surface area contributed by atoms with Crippen LogP contribution in [0, 0.1) is 6.92 Å². The molecule has 0 atom stereocenters. The van der Waals surface area contributed by atoms with E-state index in [-0.39, 0.29) is 20.9 Å². The Morgan fingerprint density at radius 3 is 2.22 bits per heavy atom. The first-order valence-electron chi connectivity index (χ1n) is 10.5. The normalized spacial score (nSPS) is 25.0. The molecule has 27 heavy (non-hydrogen) atoms. The third-order valence-corrected chi connectivity index (χ3v) is 7.90. The summed E-state index contributed by atoms with van der Waals surface area (Å²) in [7, 11) is 0. The molecule has 4 nitrogen and oxygen atoms in total. The molecule has 1 amide bonds. The summed E-state index contributed by atoms with van der Waals surface area (Å²) in [6, 6.07) is 8.73. The average molecular weight is 430 g/mol. The van der Waals surface area contributed by atoms with Crippen molar-refractivity contribution in [2.75, 3.05) is 0 Å². The van der Waals surface area contributed by atoms with Gasteiger partial charge in [-0.2, -0.15) is 0 Å². The van der Waals surface area contributed by atoms with Crippen molar-refractivity contribution in [3.05, 3.63) is 35.4 Å². The number of amides is 1. The first-order valence-corrected chi connectivity index (χ1v) is 12.2. The van der Waals surface area contributed by atoms with E-state index in [0.717, 1.165) is 10.3 Å². The Morgan fingerprint density at radius 2 is 1.56 bits per heavy atom. The van der Waals surface area contributed by atoms with E-state index in [4.69, 9.17) is 4.99 Å². The molecule has 0 radical (unpaired) electrons. The maximum atomic E-state index is 12.6. The van der Waals surface area contributed by atoms with Crippen LogP contribution >= 0.6 is 0 Å². The fourth-order valence-corrected chi connectivity index (χ4v) is 6.41. The molecule has 2 saturated carbocycles. The molecule has 4 rings (SSSR count). The molecule has 144 valence electrons. The summed E-state index contributed by atoms with van der Waals surface area (Å²) in [6.07, 6.45) is 12.7. The maximum absolute atomic E-state index is 12.6. The van der Waals surface area contributed by atoms with Crippen LogP contribution in [0.1, 0.15) is 80.1 Å². The topological polar surface area (TPSA) is 45.0 Å². The number of aryl methyl sites for hydroxylation is 1. The van der Waals surface area contributed by atoms with E-state index in [1.807, 2.05) is 31.2 Å². The van der Waals surface area contributed by atoms with Gasteiger partial charge in [0, 0.05) is 0 Å². The van der Waals surface area contributed by atoms with E-state index < -0.39 is 0 Å². The van der Waals surface area contributed by atoms with Crippen LogP contribution in [0.15, 0.2) is 34.3 Å². The van der Waals surface area contributed by atoms with Crippen LogP contribution in [-0.2, 0) is 0 Å². The Bertz CT molecular complexity index is 728. The van der Waals surface area contributed by atoms with Gasteiger partial charge < -0.3 is 0 Å². The molecular weight excluding hydrogens is 401 g/mol. The number of hydrogen-bond acceptors (Lipinski definition) is 2. The summed E-state index contributed by atoms with van der Waals surface area (Å²) >= 11 is 0.120. The number of rotatable bonds is 3. The Morgan fingerprint density at radius 1 is 0.926 bits per heavy atom. The number of carbonyl (C=O) groups excluding carboxylic acids is 1. The van der Waals surface area contributed by atoms with Crippen LogP contribution in [0.5, 0.6) is 0 Å². The van der Waals surface area contributed by atoms with Gasteiger partial charge in [0.15, 0.2) is 0 Å². The van der Waals surface area contributed by atoms with Crippen molar-refractivity contribution in [2.24, 2.45) is 9.98 Å². The molecule has 1 aromatic rings. The van der Waals surface area contributed by atoms with Crippen LogP contribution < -0.4 is 0 Å². The molecule has 2 aliphatic carbocycles. The van der Waals surface area contributed by atoms with Gasteiger partial charge in [0.25, 0.3) is 0 Å². The molecule has 5 heteroatoms. The van der Waals surface area contributed by atoms with Crippen LogP contribution in [0.2, 0.25) is 0 Å². The van der Waals surface area contributed by atoms with Crippen molar-refractivity contribution in [3.63, 3.8) is 0 Å². The quantitative estimate of drug-likeness (QED) is 0.662. The first-order chi connectivity index (χ1) is 13.2. The number of nitrogens with zero attached hydrogens (tertiary/aromatic N) is 3. The van der Waals surface area contributed by atoms with E-state index in [9.17, 15) is 4.79 Å². The Balaban J connectivity index is 1.53. The van der Waals surface area contributed by atoms with Gasteiger partial charge in [0.05, 0.1) is 0 Å². The predicted molar refractivity (Wildman–Crippen MR) is 112 cm³/mol. The standard InChI is InChI=1S/C22H29N3OSe/c1-16-12-14-17(15-13-16)20(26)24-22-25(19-10-6-3-7-11-19)21(27-22)23-18-8-4-2-5-9-18/h12-15,18-19H,2-11H2,1H3. The van der Waals surface area contributed by atoms with Gasteiger partial charge in [0.2, 0.25) is 0 Å². The van der Waals surface area contributed by atoms with E-state index in [1.54, 1.807) is 0 Å². The Kier molecular flexibility index (Phi) is 6.09. The van der Waals surface area contributed by atoms with Crippen molar-refractivity contribution < 1.29 is 4.79 Å². The molecule has 0 spiro atoms. The van der Waals surface area contributed by atoms with Crippen molar-refractivity contribution in [2.45, 2.75) is 83.2 Å². The summed E-state index contributed by atoms with van der Waals surface area (Å²) in [5.74, 6) is -0.107. The minimum atomic E-state index is -0.107. The van der Waals surface area contributed by atoms with Gasteiger partial charge in [-0.3, -0.25) is 0 Å². The Labute approximate surface area is 168 Å². The van der Waals surface area contributed by atoms with Gasteiger partial charge in [-0.15, -0.1) is 0 Å². The van der Waals surface area contributed by atoms with Gasteiger partial charge in [-0.25, -0.2) is 0 Å². The molecule has 3 aliphatic rings. The number of carbonyl (C=O) groups is 1. The number of aliphatic imine (C=N–C) groups is 2. The second-order valence-electron chi connectivity index (χ2n) is 8.03. The van der Waals surface area contributed by atoms with E-state index in [1.165, 1.54) is 68.9 Å². The van der Waals surface area contributed by atoms with Gasteiger partial charge in [0.1, 0.15) is 0 Å². The molecule has 3 fully saturated rings. The van der Waals surface area contributed by atoms with Gasteiger partial charge in [-0.05, 0) is 0 Å². The zero-order valence-corrected chi connectivity index (χ0v) is 17.9. The zero-order valence-electron chi connectivity index (χ0n) is 16.2. The second kappa shape index (κ2) is 8.70. The summed E-state index contributed by atoms with van der Waals surface area (Å²) in [5, 5.41) is 0. The molecule has 1 heterocycles. The van der Waals surface area contributed by atoms with Gasteiger partial charge in [-0.1, -0.05) is 0 Å². The van der Waals surface area contributed by atoms with Crippen molar-refractivity contribution >= 4 is 30.3 Å². The first kappa shape index (κ1) is 18.9. The van der Waals surface area contributed by atoms with E-state index >= 15 is 0 Å². The van der Waals surface area contributed by atoms with E-state index in [2.05, 4.69) is 9.89 Å². The molecular formula is C22H29N3OSe. The molecule has 1 saturated heterocycles. The summed E-state index contributed by atoms with van der Waals surface area (Å²) in [5.41, 5.74) is 1.85. The molecule has 0 aromatic heterocycles. The molecule has 0 unspecified atom stereocenters. The average Bonchev–Trinajstić information content (AvgIpc) is 2.69. The second-order valence-corrected chi connectivity index (χ2v) is 9.99. The zero-order chi connectivity index (χ0) is 18.6. The number of amidine groups is 2. The van der Waals surface area contributed by atoms with Crippen LogP contribution in [-0.4, -0.2) is 47.3 Å². The summed E-state index contributed by atoms with van der Waals surface area (Å²) in [4.78, 5) is 24.6. The minimum absolute atomic E-state index is 0.107. The molecule has 1 aliphatic heterocycles. The number of benzene rings is 1. The number of hydrogen-bond donors (Lipinski definition) is 0.